The van der Waals surface area contributed by atoms with E-state index in [1.165, 1.54) is 18.4 Å². The molecule has 1 aliphatic heterocycles. The Bertz CT molecular complexity index is 738. The molecule has 1 heterocycles. The van der Waals surface area contributed by atoms with Crippen LogP contribution in [0.2, 0.25) is 0 Å². The number of benzene rings is 2. The van der Waals surface area contributed by atoms with Crippen LogP contribution >= 0.6 is 0 Å². The van der Waals surface area contributed by atoms with Gasteiger partial charge in [0.2, 0.25) is 0 Å². The highest BCUT2D eigenvalue weighted by molar-refractivity contribution is 6.05. The Morgan fingerprint density at radius 3 is 2.44 bits per heavy atom. The minimum atomic E-state index is -0.130. The molecule has 25 heavy (non-hydrogen) atoms. The van der Waals surface area contributed by atoms with Gasteiger partial charge in [-0.25, -0.2) is 0 Å². The number of aryl methyl sites for hydroxylation is 2. The SMILES string of the molecule is CCCCc1ccc(NC(=O)c2cc3c(cc2C)OCCCO3)cc1. The van der Waals surface area contributed by atoms with E-state index in [2.05, 4.69) is 24.4 Å². The molecule has 4 nitrogen and oxygen atoms in total. The molecule has 0 unspecified atom stereocenters. The average Bonchev–Trinajstić information content (AvgIpc) is 2.85. The molecule has 2 aromatic carbocycles. The minimum absolute atomic E-state index is 0.130. The summed E-state index contributed by atoms with van der Waals surface area (Å²) in [5.41, 5.74) is 3.59. The summed E-state index contributed by atoms with van der Waals surface area (Å²) >= 11 is 0. The van der Waals surface area contributed by atoms with Crippen molar-refractivity contribution in [2.75, 3.05) is 18.5 Å². The molecule has 0 saturated heterocycles. The summed E-state index contributed by atoms with van der Waals surface area (Å²) in [5.74, 6) is 1.23. The number of carbonyl (C=O) groups is 1. The van der Waals surface area contributed by atoms with Crippen LogP contribution < -0.4 is 14.8 Å². The number of amides is 1. The first-order valence-electron chi connectivity index (χ1n) is 8.98. The number of nitrogens with one attached hydrogen (secondary N) is 1. The molecule has 4 heteroatoms. The third-order valence-corrected chi connectivity index (χ3v) is 4.37. The molecule has 0 radical (unpaired) electrons. The molecule has 0 spiro atoms. The van der Waals surface area contributed by atoms with E-state index in [1.807, 2.05) is 25.1 Å². The Morgan fingerprint density at radius 2 is 1.76 bits per heavy atom. The number of unbranched alkanes of at least 4 members (excludes halogenated alkanes) is 1. The van der Waals surface area contributed by atoms with Crippen LogP contribution in [-0.4, -0.2) is 19.1 Å². The van der Waals surface area contributed by atoms with Gasteiger partial charge in [0.25, 0.3) is 5.91 Å². The van der Waals surface area contributed by atoms with Crippen molar-refractivity contribution >= 4 is 11.6 Å². The largest absolute Gasteiger partial charge is 0.490 e. The lowest BCUT2D eigenvalue weighted by atomic mass is 10.1. The van der Waals surface area contributed by atoms with Crippen LogP contribution in [0, 0.1) is 6.92 Å². The lowest BCUT2D eigenvalue weighted by molar-refractivity contribution is 0.102. The van der Waals surface area contributed by atoms with Crippen LogP contribution in [-0.2, 0) is 6.42 Å². The fourth-order valence-corrected chi connectivity index (χ4v) is 2.89. The van der Waals surface area contributed by atoms with Crippen molar-refractivity contribution in [1.29, 1.82) is 0 Å². The Hall–Kier alpha value is -2.49. The van der Waals surface area contributed by atoms with E-state index < -0.39 is 0 Å². The first kappa shape index (κ1) is 17.3. The number of anilines is 1. The van der Waals surface area contributed by atoms with Crippen molar-refractivity contribution in [2.24, 2.45) is 0 Å². The van der Waals surface area contributed by atoms with Crippen molar-refractivity contribution in [3.8, 4) is 11.5 Å². The van der Waals surface area contributed by atoms with Gasteiger partial charge in [-0.05, 0) is 55.2 Å². The highest BCUT2D eigenvalue weighted by Gasteiger charge is 2.17. The summed E-state index contributed by atoms with van der Waals surface area (Å²) in [4.78, 5) is 12.7. The van der Waals surface area contributed by atoms with Crippen molar-refractivity contribution in [3.05, 3.63) is 53.1 Å². The molecule has 132 valence electrons. The van der Waals surface area contributed by atoms with Crippen molar-refractivity contribution in [2.45, 2.75) is 39.5 Å². The summed E-state index contributed by atoms with van der Waals surface area (Å²) in [7, 11) is 0. The predicted octanol–water partition coefficient (Wildman–Crippen LogP) is 4.75. The zero-order valence-corrected chi connectivity index (χ0v) is 14.9. The average molecular weight is 339 g/mol. The molecule has 1 aliphatic rings. The van der Waals surface area contributed by atoms with Gasteiger partial charge in [-0.15, -0.1) is 0 Å². The quantitative estimate of drug-likeness (QED) is 0.855. The summed E-state index contributed by atoms with van der Waals surface area (Å²) in [6, 6.07) is 11.7. The molecule has 0 aromatic heterocycles. The Balaban J connectivity index is 1.73. The van der Waals surface area contributed by atoms with Gasteiger partial charge < -0.3 is 14.8 Å². The first-order valence-corrected chi connectivity index (χ1v) is 8.98. The second-order valence-corrected chi connectivity index (χ2v) is 6.42. The highest BCUT2D eigenvalue weighted by Crippen LogP contribution is 2.33. The van der Waals surface area contributed by atoms with Crippen LogP contribution in [0.15, 0.2) is 36.4 Å². The molecule has 1 amide bonds. The first-order chi connectivity index (χ1) is 12.2. The lowest BCUT2D eigenvalue weighted by Crippen LogP contribution is -2.13. The molecule has 0 bridgehead atoms. The van der Waals surface area contributed by atoms with Gasteiger partial charge in [-0.2, -0.15) is 0 Å². The number of hydrogen-bond acceptors (Lipinski definition) is 3. The molecule has 0 aliphatic carbocycles. The van der Waals surface area contributed by atoms with Crippen molar-refractivity contribution in [1.82, 2.24) is 0 Å². The van der Waals surface area contributed by atoms with Crippen molar-refractivity contribution < 1.29 is 14.3 Å². The number of rotatable bonds is 5. The van der Waals surface area contributed by atoms with Crippen molar-refractivity contribution in [3.63, 3.8) is 0 Å². The molecular weight excluding hydrogens is 314 g/mol. The van der Waals surface area contributed by atoms with E-state index in [0.29, 0.717) is 30.3 Å². The van der Waals surface area contributed by atoms with Crippen LogP contribution in [0.4, 0.5) is 5.69 Å². The summed E-state index contributed by atoms with van der Waals surface area (Å²) in [6.07, 6.45) is 4.29. The minimum Gasteiger partial charge on any atom is -0.490 e. The van der Waals surface area contributed by atoms with Gasteiger partial charge in [-0.3, -0.25) is 4.79 Å². The Labute approximate surface area is 149 Å². The van der Waals surface area contributed by atoms with Gasteiger partial charge >= 0.3 is 0 Å². The summed E-state index contributed by atoms with van der Waals surface area (Å²) in [6.45, 7) is 5.35. The maximum atomic E-state index is 12.7. The Morgan fingerprint density at radius 1 is 1.08 bits per heavy atom. The molecule has 1 N–H and O–H groups in total. The van der Waals surface area contributed by atoms with Gasteiger partial charge in [0.1, 0.15) is 0 Å². The summed E-state index contributed by atoms with van der Waals surface area (Å²) < 4.78 is 11.4. The molecule has 0 saturated carbocycles. The fraction of sp³-hybridized carbons (Fsp3) is 0.381. The van der Waals surface area contributed by atoms with Gasteiger partial charge in [0, 0.05) is 17.7 Å². The number of ether oxygens (including phenoxy) is 2. The lowest BCUT2D eigenvalue weighted by Gasteiger charge is -2.13. The van der Waals surface area contributed by atoms with Gasteiger partial charge in [-0.1, -0.05) is 25.5 Å². The second kappa shape index (κ2) is 8.06. The smallest absolute Gasteiger partial charge is 0.256 e. The van der Waals surface area contributed by atoms with E-state index in [0.717, 1.165) is 24.1 Å². The van der Waals surface area contributed by atoms with Crippen LogP contribution in [0.25, 0.3) is 0 Å². The molecular formula is C21H25NO3. The zero-order valence-electron chi connectivity index (χ0n) is 14.9. The van der Waals surface area contributed by atoms with E-state index in [1.54, 1.807) is 6.07 Å². The standard InChI is InChI=1S/C21H25NO3/c1-3-4-6-16-7-9-17(10-8-16)22-21(23)18-14-20-19(13-15(18)2)24-11-5-12-25-20/h7-10,13-14H,3-6,11-12H2,1-2H3,(H,22,23). The van der Waals surface area contributed by atoms with Gasteiger partial charge in [0.05, 0.1) is 13.2 Å². The van der Waals surface area contributed by atoms with E-state index in [9.17, 15) is 4.79 Å². The van der Waals surface area contributed by atoms with Gasteiger partial charge in [0.15, 0.2) is 11.5 Å². The highest BCUT2D eigenvalue weighted by atomic mass is 16.5. The van der Waals surface area contributed by atoms with Crippen LogP contribution in [0.5, 0.6) is 11.5 Å². The van der Waals surface area contributed by atoms with Crippen LogP contribution in [0.1, 0.15) is 47.7 Å². The van der Waals surface area contributed by atoms with E-state index in [-0.39, 0.29) is 5.91 Å². The topological polar surface area (TPSA) is 47.6 Å². The number of hydrogen-bond donors (Lipinski definition) is 1. The second-order valence-electron chi connectivity index (χ2n) is 6.42. The molecule has 3 rings (SSSR count). The molecule has 0 atom stereocenters. The maximum Gasteiger partial charge on any atom is 0.256 e. The fourth-order valence-electron chi connectivity index (χ4n) is 2.89. The van der Waals surface area contributed by atoms with Crippen LogP contribution in [0.3, 0.4) is 0 Å². The zero-order chi connectivity index (χ0) is 17.6. The molecule has 2 aromatic rings. The molecule has 0 fully saturated rings. The number of carbonyl (C=O) groups excluding carboxylic acids is 1. The van der Waals surface area contributed by atoms with E-state index in [4.69, 9.17) is 9.47 Å². The number of fused-ring (bicyclic) bond motifs is 1. The predicted molar refractivity (Wildman–Crippen MR) is 99.8 cm³/mol. The summed E-state index contributed by atoms with van der Waals surface area (Å²) in [5, 5.41) is 2.97. The maximum absolute atomic E-state index is 12.7. The van der Waals surface area contributed by atoms with E-state index >= 15 is 0 Å². The third kappa shape index (κ3) is 4.32. The normalized spacial score (nSPS) is 13.2. The Kier molecular flexibility index (Phi) is 5.59. The monoisotopic (exact) mass is 339 g/mol. The third-order valence-electron chi connectivity index (χ3n) is 4.37.